The number of halogens is 1. The molecule has 0 saturated carbocycles. The van der Waals surface area contributed by atoms with Crippen LogP contribution in [0.1, 0.15) is 36.7 Å². The lowest BCUT2D eigenvalue weighted by Crippen LogP contribution is -2.20. The Hall–Kier alpha value is -2.47. The van der Waals surface area contributed by atoms with Crippen LogP contribution in [0.3, 0.4) is 0 Å². The van der Waals surface area contributed by atoms with Crippen molar-refractivity contribution in [3.63, 3.8) is 0 Å². The van der Waals surface area contributed by atoms with Gasteiger partial charge >= 0.3 is 0 Å². The van der Waals surface area contributed by atoms with Crippen LogP contribution < -0.4 is 10.7 Å². The lowest BCUT2D eigenvalue weighted by atomic mass is 10.1. The Kier molecular flexibility index (Phi) is 6.47. The van der Waals surface area contributed by atoms with Gasteiger partial charge in [0.15, 0.2) is 0 Å². The van der Waals surface area contributed by atoms with Crippen molar-refractivity contribution in [1.29, 1.82) is 0 Å². The highest BCUT2D eigenvalue weighted by molar-refractivity contribution is 9.10. The van der Waals surface area contributed by atoms with Crippen molar-refractivity contribution in [3.8, 4) is 0 Å². The van der Waals surface area contributed by atoms with E-state index in [1.165, 1.54) is 0 Å². The summed E-state index contributed by atoms with van der Waals surface area (Å²) < 4.78 is 0.984. The molecule has 2 rings (SSSR count). The molecule has 0 heterocycles. The van der Waals surface area contributed by atoms with Crippen LogP contribution in [-0.2, 0) is 4.79 Å². The van der Waals surface area contributed by atoms with E-state index in [-0.39, 0.29) is 17.7 Å². The van der Waals surface area contributed by atoms with Crippen LogP contribution in [-0.4, -0.2) is 17.5 Å². The fraction of sp³-hybridized carbons (Fsp3) is 0.211. The zero-order valence-electron chi connectivity index (χ0n) is 14.3. The van der Waals surface area contributed by atoms with Gasteiger partial charge in [0.1, 0.15) is 0 Å². The SMILES string of the molecule is C/C(=N\NC(=O)c1ccc(NC(=O)C(C)C)cc1)c1ccc(Br)cc1. The van der Waals surface area contributed by atoms with E-state index in [0.29, 0.717) is 17.0 Å². The zero-order valence-corrected chi connectivity index (χ0v) is 15.9. The Morgan fingerprint density at radius 3 is 2.08 bits per heavy atom. The van der Waals surface area contributed by atoms with Crippen molar-refractivity contribution in [1.82, 2.24) is 5.43 Å². The van der Waals surface area contributed by atoms with Crippen molar-refractivity contribution in [3.05, 3.63) is 64.1 Å². The van der Waals surface area contributed by atoms with Crippen molar-refractivity contribution < 1.29 is 9.59 Å². The molecule has 0 unspecified atom stereocenters. The zero-order chi connectivity index (χ0) is 18.4. The van der Waals surface area contributed by atoms with Gasteiger partial charge < -0.3 is 5.32 Å². The number of carbonyl (C=O) groups excluding carboxylic acids is 2. The van der Waals surface area contributed by atoms with Gasteiger partial charge in [0.25, 0.3) is 5.91 Å². The van der Waals surface area contributed by atoms with E-state index in [1.54, 1.807) is 24.3 Å². The highest BCUT2D eigenvalue weighted by Crippen LogP contribution is 2.12. The minimum absolute atomic E-state index is 0.0630. The fourth-order valence-electron chi connectivity index (χ4n) is 1.95. The van der Waals surface area contributed by atoms with E-state index in [2.05, 4.69) is 31.8 Å². The first kappa shape index (κ1) is 18.9. The lowest BCUT2D eigenvalue weighted by Gasteiger charge is -2.08. The number of benzene rings is 2. The van der Waals surface area contributed by atoms with Crippen molar-refractivity contribution >= 4 is 39.1 Å². The van der Waals surface area contributed by atoms with Gasteiger partial charge in [-0.2, -0.15) is 5.10 Å². The molecule has 130 valence electrons. The summed E-state index contributed by atoms with van der Waals surface area (Å²) in [6, 6.07) is 14.4. The first-order valence-electron chi connectivity index (χ1n) is 7.88. The minimum Gasteiger partial charge on any atom is -0.326 e. The molecule has 0 radical (unpaired) electrons. The smallest absolute Gasteiger partial charge is 0.271 e. The third kappa shape index (κ3) is 5.53. The Labute approximate surface area is 155 Å². The molecular weight excluding hydrogens is 382 g/mol. The van der Waals surface area contributed by atoms with Crippen LogP contribution >= 0.6 is 15.9 Å². The second-order valence-electron chi connectivity index (χ2n) is 5.87. The maximum absolute atomic E-state index is 12.2. The number of hydrogen-bond donors (Lipinski definition) is 2. The highest BCUT2D eigenvalue weighted by Gasteiger charge is 2.09. The number of rotatable bonds is 5. The second-order valence-corrected chi connectivity index (χ2v) is 6.78. The van der Waals surface area contributed by atoms with Gasteiger partial charge in [-0.1, -0.05) is 41.9 Å². The van der Waals surface area contributed by atoms with Gasteiger partial charge in [-0.25, -0.2) is 5.43 Å². The molecule has 2 N–H and O–H groups in total. The van der Waals surface area contributed by atoms with Gasteiger partial charge in [-0.3, -0.25) is 9.59 Å². The van der Waals surface area contributed by atoms with E-state index in [0.717, 1.165) is 10.0 Å². The average Bonchev–Trinajstić information content (AvgIpc) is 2.60. The minimum atomic E-state index is -0.307. The molecule has 25 heavy (non-hydrogen) atoms. The largest absolute Gasteiger partial charge is 0.326 e. The fourth-order valence-corrected chi connectivity index (χ4v) is 2.21. The summed E-state index contributed by atoms with van der Waals surface area (Å²) in [6.45, 7) is 5.47. The first-order valence-corrected chi connectivity index (χ1v) is 8.67. The van der Waals surface area contributed by atoms with Crippen LogP contribution in [0.25, 0.3) is 0 Å². The standard InChI is InChI=1S/C19H20BrN3O2/c1-12(2)18(24)21-17-10-6-15(7-11-17)19(25)23-22-13(3)14-4-8-16(20)9-5-14/h4-12H,1-3H3,(H,21,24)(H,23,25)/b22-13+. The molecule has 0 saturated heterocycles. The first-order chi connectivity index (χ1) is 11.9. The normalized spacial score (nSPS) is 11.3. The van der Waals surface area contributed by atoms with E-state index in [4.69, 9.17) is 0 Å². The molecule has 0 aliphatic rings. The molecule has 5 nitrogen and oxygen atoms in total. The predicted molar refractivity (Wildman–Crippen MR) is 104 cm³/mol. The number of anilines is 1. The summed E-state index contributed by atoms with van der Waals surface area (Å²) in [4.78, 5) is 23.8. The molecule has 2 amide bonds. The Balaban J connectivity index is 1.99. The summed E-state index contributed by atoms with van der Waals surface area (Å²) in [5.41, 5.74) is 5.30. The third-order valence-corrected chi connectivity index (χ3v) is 4.05. The molecule has 0 aromatic heterocycles. The number of hydrazone groups is 1. The number of hydrogen-bond acceptors (Lipinski definition) is 3. The van der Waals surface area contributed by atoms with Gasteiger partial charge in [0, 0.05) is 21.6 Å². The predicted octanol–water partition coefficient (Wildman–Crippen LogP) is 4.20. The molecule has 0 atom stereocenters. The molecule has 2 aromatic carbocycles. The van der Waals surface area contributed by atoms with Crippen molar-refractivity contribution in [2.45, 2.75) is 20.8 Å². The maximum atomic E-state index is 12.2. The van der Waals surface area contributed by atoms with Crippen LogP contribution in [0.15, 0.2) is 58.1 Å². The van der Waals surface area contributed by atoms with Crippen LogP contribution in [0, 0.1) is 5.92 Å². The highest BCUT2D eigenvalue weighted by atomic mass is 79.9. The lowest BCUT2D eigenvalue weighted by molar-refractivity contribution is -0.118. The van der Waals surface area contributed by atoms with Gasteiger partial charge in [0.2, 0.25) is 5.91 Å². The molecule has 0 fully saturated rings. The molecule has 0 bridgehead atoms. The van der Waals surface area contributed by atoms with Crippen LogP contribution in [0.2, 0.25) is 0 Å². The van der Waals surface area contributed by atoms with Crippen LogP contribution in [0.4, 0.5) is 5.69 Å². The monoisotopic (exact) mass is 401 g/mol. The summed E-state index contributed by atoms with van der Waals surface area (Å²) in [5.74, 6) is -0.469. The van der Waals surface area contributed by atoms with E-state index in [1.807, 2.05) is 45.0 Å². The number of nitrogens with zero attached hydrogens (tertiary/aromatic N) is 1. The van der Waals surface area contributed by atoms with E-state index in [9.17, 15) is 9.59 Å². The van der Waals surface area contributed by atoms with E-state index >= 15 is 0 Å². The summed E-state index contributed by atoms with van der Waals surface area (Å²) in [7, 11) is 0. The van der Waals surface area contributed by atoms with Gasteiger partial charge in [0.05, 0.1) is 5.71 Å². The average molecular weight is 402 g/mol. The van der Waals surface area contributed by atoms with E-state index < -0.39 is 0 Å². The summed E-state index contributed by atoms with van der Waals surface area (Å²) in [6.07, 6.45) is 0. The maximum Gasteiger partial charge on any atom is 0.271 e. The topological polar surface area (TPSA) is 70.6 Å². The molecule has 0 aliphatic carbocycles. The van der Waals surface area contributed by atoms with Crippen molar-refractivity contribution in [2.24, 2.45) is 11.0 Å². The summed E-state index contributed by atoms with van der Waals surface area (Å²) in [5, 5.41) is 6.91. The third-order valence-electron chi connectivity index (χ3n) is 3.53. The second kappa shape index (κ2) is 8.58. The molecule has 0 spiro atoms. The Bertz CT molecular complexity index is 781. The molecular formula is C19H20BrN3O2. The molecule has 0 aliphatic heterocycles. The van der Waals surface area contributed by atoms with Gasteiger partial charge in [-0.15, -0.1) is 0 Å². The summed E-state index contributed by atoms with van der Waals surface area (Å²) >= 11 is 3.38. The number of nitrogens with one attached hydrogen (secondary N) is 2. The van der Waals surface area contributed by atoms with Crippen molar-refractivity contribution in [2.75, 3.05) is 5.32 Å². The Morgan fingerprint density at radius 1 is 0.960 bits per heavy atom. The van der Waals surface area contributed by atoms with Gasteiger partial charge in [-0.05, 0) is 48.9 Å². The molecule has 6 heteroatoms. The van der Waals surface area contributed by atoms with Crippen LogP contribution in [0.5, 0.6) is 0 Å². The number of amides is 2. The molecule has 2 aromatic rings. The Morgan fingerprint density at radius 2 is 1.52 bits per heavy atom. The quantitative estimate of drug-likeness (QED) is 0.582. The number of carbonyl (C=O) groups is 2.